The molecular weight excluding hydrogens is 361 g/mol. The van der Waals surface area contributed by atoms with E-state index in [0.29, 0.717) is 10.6 Å². The maximum absolute atomic E-state index is 12.2. The summed E-state index contributed by atoms with van der Waals surface area (Å²) in [5.41, 5.74) is 1.30. The molecule has 0 bridgehead atoms. The average molecular weight is 373 g/mol. The molecule has 0 saturated carbocycles. The first-order chi connectivity index (χ1) is 8.49. The largest absolute Gasteiger partial charge is 0.280 e. The molecule has 0 spiro atoms. The van der Waals surface area contributed by atoms with Gasteiger partial charge in [0.1, 0.15) is 0 Å². The Balaban J connectivity index is 2.33. The van der Waals surface area contributed by atoms with Gasteiger partial charge in [0, 0.05) is 9.26 Å². The Morgan fingerprint density at radius 3 is 2.22 bits per heavy atom. The van der Waals surface area contributed by atoms with Crippen molar-refractivity contribution < 1.29 is 8.42 Å². The van der Waals surface area contributed by atoms with Gasteiger partial charge < -0.3 is 0 Å². The van der Waals surface area contributed by atoms with E-state index in [0.717, 1.165) is 9.13 Å². The fourth-order valence-electron chi connectivity index (χ4n) is 1.59. The molecule has 0 unspecified atom stereocenters. The van der Waals surface area contributed by atoms with Gasteiger partial charge in [-0.25, -0.2) is 8.42 Å². The maximum Gasteiger partial charge on any atom is 0.262 e. The number of sulfonamides is 1. The number of hydrogen-bond donors (Lipinski definition) is 1. The van der Waals surface area contributed by atoms with Gasteiger partial charge in [0.05, 0.1) is 4.90 Å². The van der Waals surface area contributed by atoms with Gasteiger partial charge >= 0.3 is 0 Å². The van der Waals surface area contributed by atoms with Crippen molar-refractivity contribution in [3.05, 3.63) is 57.7 Å². The molecule has 0 fully saturated rings. The van der Waals surface area contributed by atoms with Gasteiger partial charge in [0.15, 0.2) is 0 Å². The van der Waals surface area contributed by atoms with Crippen molar-refractivity contribution in [2.75, 3.05) is 4.72 Å². The molecule has 0 amide bonds. The summed E-state index contributed by atoms with van der Waals surface area (Å²) in [6.07, 6.45) is 0. The molecule has 3 nitrogen and oxygen atoms in total. The third-order valence-corrected chi connectivity index (χ3v) is 4.74. The highest BCUT2D eigenvalue weighted by atomic mass is 127. The minimum absolute atomic E-state index is 0.309. The molecule has 0 aromatic heterocycles. The van der Waals surface area contributed by atoms with E-state index in [1.807, 2.05) is 18.2 Å². The van der Waals surface area contributed by atoms with E-state index in [9.17, 15) is 8.42 Å². The molecule has 0 aliphatic heterocycles. The second-order valence-corrected chi connectivity index (χ2v) is 6.77. The van der Waals surface area contributed by atoms with Crippen molar-refractivity contribution in [1.29, 1.82) is 0 Å². The molecule has 2 aromatic carbocycles. The Kier molecular flexibility index (Phi) is 3.91. The van der Waals surface area contributed by atoms with E-state index in [2.05, 4.69) is 27.3 Å². The van der Waals surface area contributed by atoms with E-state index in [1.54, 1.807) is 37.3 Å². The lowest BCUT2D eigenvalue weighted by Gasteiger charge is -2.10. The number of aryl methyl sites for hydroxylation is 1. The molecule has 0 heterocycles. The van der Waals surface area contributed by atoms with Crippen LogP contribution in [-0.4, -0.2) is 8.42 Å². The summed E-state index contributed by atoms with van der Waals surface area (Å²) in [6.45, 7) is 1.78. The van der Waals surface area contributed by atoms with Crippen molar-refractivity contribution in [3.8, 4) is 0 Å². The van der Waals surface area contributed by atoms with E-state index >= 15 is 0 Å². The number of halogens is 1. The molecule has 0 aliphatic carbocycles. The molecule has 94 valence electrons. The first kappa shape index (κ1) is 13.4. The van der Waals surface area contributed by atoms with Gasteiger partial charge in [-0.1, -0.05) is 18.2 Å². The zero-order valence-electron chi connectivity index (χ0n) is 9.72. The lowest BCUT2D eigenvalue weighted by Crippen LogP contribution is -2.14. The minimum Gasteiger partial charge on any atom is -0.280 e. The maximum atomic E-state index is 12.2. The topological polar surface area (TPSA) is 46.2 Å². The van der Waals surface area contributed by atoms with Gasteiger partial charge in [-0.15, -0.1) is 0 Å². The fourth-order valence-corrected chi connectivity index (χ4v) is 3.25. The van der Waals surface area contributed by atoms with Crippen molar-refractivity contribution in [2.45, 2.75) is 11.8 Å². The summed E-state index contributed by atoms with van der Waals surface area (Å²) in [5.74, 6) is 0. The highest BCUT2D eigenvalue weighted by Gasteiger charge is 2.15. The third kappa shape index (κ3) is 3.02. The van der Waals surface area contributed by atoms with Crippen LogP contribution in [-0.2, 0) is 10.0 Å². The van der Waals surface area contributed by atoms with Crippen LogP contribution in [0, 0.1) is 10.5 Å². The van der Waals surface area contributed by atoms with E-state index in [1.165, 1.54) is 0 Å². The number of rotatable bonds is 3. The standard InChI is InChI=1S/C13H12INO2S/c1-10-4-2-3-5-13(10)18(16,17)15-12-8-6-11(14)7-9-12/h2-9,15H,1H3. The first-order valence-corrected chi connectivity index (χ1v) is 7.89. The van der Waals surface area contributed by atoms with E-state index in [-0.39, 0.29) is 0 Å². The molecule has 0 aliphatic rings. The van der Waals surface area contributed by atoms with Crippen LogP contribution in [0.25, 0.3) is 0 Å². The Bertz CT molecular complexity index is 651. The molecule has 1 N–H and O–H groups in total. The van der Waals surface area contributed by atoms with Crippen molar-refractivity contribution >= 4 is 38.3 Å². The van der Waals surface area contributed by atoms with Crippen molar-refractivity contribution in [2.24, 2.45) is 0 Å². The summed E-state index contributed by atoms with van der Waals surface area (Å²) in [5, 5.41) is 0. The van der Waals surface area contributed by atoms with Crippen molar-refractivity contribution in [1.82, 2.24) is 0 Å². The van der Waals surface area contributed by atoms with Crippen LogP contribution < -0.4 is 4.72 Å². The predicted molar refractivity (Wildman–Crippen MR) is 81.1 cm³/mol. The molecule has 0 atom stereocenters. The molecule has 0 radical (unpaired) electrons. The molecular formula is C13H12INO2S. The van der Waals surface area contributed by atoms with Crippen LogP contribution in [0.5, 0.6) is 0 Å². The summed E-state index contributed by atoms with van der Waals surface area (Å²) in [7, 11) is -3.51. The Morgan fingerprint density at radius 1 is 1.00 bits per heavy atom. The Labute approximate surface area is 120 Å². The zero-order valence-corrected chi connectivity index (χ0v) is 12.7. The SMILES string of the molecule is Cc1ccccc1S(=O)(=O)Nc1ccc(I)cc1. The van der Waals surface area contributed by atoms with Crippen LogP contribution >= 0.6 is 22.6 Å². The van der Waals surface area contributed by atoms with Crippen molar-refractivity contribution in [3.63, 3.8) is 0 Å². The van der Waals surface area contributed by atoms with Crippen LogP contribution in [0.15, 0.2) is 53.4 Å². The smallest absolute Gasteiger partial charge is 0.262 e. The number of anilines is 1. The second-order valence-electron chi connectivity index (χ2n) is 3.88. The second kappa shape index (κ2) is 5.27. The van der Waals surface area contributed by atoms with E-state index in [4.69, 9.17) is 0 Å². The predicted octanol–water partition coefficient (Wildman–Crippen LogP) is 3.40. The van der Waals surface area contributed by atoms with Gasteiger partial charge in [-0.05, 0) is 65.4 Å². The molecule has 0 saturated heterocycles. The lowest BCUT2D eigenvalue weighted by atomic mass is 10.2. The van der Waals surface area contributed by atoms with Crippen LogP contribution in [0.4, 0.5) is 5.69 Å². The minimum atomic E-state index is -3.51. The van der Waals surface area contributed by atoms with Crippen LogP contribution in [0.3, 0.4) is 0 Å². The Hall–Kier alpha value is -1.08. The van der Waals surface area contributed by atoms with Gasteiger partial charge in [0.2, 0.25) is 0 Å². The molecule has 18 heavy (non-hydrogen) atoms. The molecule has 2 rings (SSSR count). The number of nitrogens with one attached hydrogen (secondary N) is 1. The van der Waals surface area contributed by atoms with Crippen LogP contribution in [0.2, 0.25) is 0 Å². The van der Waals surface area contributed by atoms with Gasteiger partial charge in [-0.2, -0.15) is 0 Å². The molecule has 5 heteroatoms. The molecule has 2 aromatic rings. The summed E-state index contributed by atoms with van der Waals surface area (Å²) in [6, 6.07) is 14.1. The van der Waals surface area contributed by atoms with E-state index < -0.39 is 10.0 Å². The highest BCUT2D eigenvalue weighted by molar-refractivity contribution is 14.1. The van der Waals surface area contributed by atoms with Gasteiger partial charge in [0.25, 0.3) is 10.0 Å². The Morgan fingerprint density at radius 2 is 1.61 bits per heavy atom. The van der Waals surface area contributed by atoms with Crippen LogP contribution in [0.1, 0.15) is 5.56 Å². The fraction of sp³-hybridized carbons (Fsp3) is 0.0769. The lowest BCUT2D eigenvalue weighted by molar-refractivity contribution is 0.600. The zero-order chi connectivity index (χ0) is 13.2. The normalized spacial score (nSPS) is 11.2. The summed E-state index contributed by atoms with van der Waals surface area (Å²) in [4.78, 5) is 0.309. The summed E-state index contributed by atoms with van der Waals surface area (Å²) < 4.78 is 28.0. The first-order valence-electron chi connectivity index (χ1n) is 5.33. The number of benzene rings is 2. The third-order valence-electron chi connectivity index (χ3n) is 2.48. The number of hydrogen-bond acceptors (Lipinski definition) is 2. The quantitative estimate of drug-likeness (QED) is 0.839. The average Bonchev–Trinajstić information content (AvgIpc) is 2.32. The van der Waals surface area contributed by atoms with Gasteiger partial charge in [-0.3, -0.25) is 4.72 Å². The summed E-state index contributed by atoms with van der Waals surface area (Å²) >= 11 is 2.17. The monoisotopic (exact) mass is 373 g/mol. The highest BCUT2D eigenvalue weighted by Crippen LogP contribution is 2.19.